The molecule has 2 amide bonds. The molecule has 1 saturated carbocycles. The maximum absolute atomic E-state index is 13.0. The summed E-state index contributed by atoms with van der Waals surface area (Å²) < 4.78 is 32.4. The van der Waals surface area contributed by atoms with E-state index in [-0.39, 0.29) is 17.7 Å². The van der Waals surface area contributed by atoms with E-state index < -0.39 is 6.67 Å². The first-order valence-corrected chi connectivity index (χ1v) is 17.7. The number of aldehydes is 1. The summed E-state index contributed by atoms with van der Waals surface area (Å²) in [5.41, 5.74) is 6.95. The van der Waals surface area contributed by atoms with E-state index in [0.717, 1.165) is 56.7 Å². The molecule has 2 aliphatic rings. The largest absolute Gasteiger partial charge is 0.453 e. The number of amides is 2. The minimum absolute atomic E-state index is 0.0874. The van der Waals surface area contributed by atoms with Crippen LogP contribution in [0.2, 0.25) is 0 Å². The van der Waals surface area contributed by atoms with Crippen LogP contribution >= 0.6 is 0 Å². The highest BCUT2D eigenvalue weighted by Gasteiger charge is 2.39. The van der Waals surface area contributed by atoms with Gasteiger partial charge in [-0.3, -0.25) is 14.4 Å². The highest BCUT2D eigenvalue weighted by molar-refractivity contribution is 5.88. The van der Waals surface area contributed by atoms with Gasteiger partial charge in [-0.2, -0.15) is 0 Å². The monoisotopic (exact) mass is 677 g/mol. The van der Waals surface area contributed by atoms with Gasteiger partial charge in [-0.05, 0) is 75.1 Å². The molecule has 10 nitrogen and oxygen atoms in total. The average molecular weight is 678 g/mol. The van der Waals surface area contributed by atoms with Crippen molar-refractivity contribution in [1.29, 1.82) is 0 Å². The fourth-order valence-corrected chi connectivity index (χ4v) is 6.74. The van der Waals surface area contributed by atoms with Gasteiger partial charge in [0.2, 0.25) is 12.3 Å². The number of furan rings is 1. The number of carbonyl (C=O) groups is 3. The molecule has 2 heterocycles. The van der Waals surface area contributed by atoms with Crippen molar-refractivity contribution in [2.24, 2.45) is 23.5 Å². The van der Waals surface area contributed by atoms with Crippen LogP contribution in [-0.2, 0) is 23.8 Å². The number of halogens is 1. The zero-order valence-electron chi connectivity index (χ0n) is 29.6. The molecule has 1 aromatic carbocycles. The third-order valence-corrected chi connectivity index (χ3v) is 9.47. The zero-order chi connectivity index (χ0) is 35.1. The number of likely N-dealkylation sites (tertiary alicyclic amines) is 1. The number of nitrogens with two attached hydrogens (primary N) is 1. The minimum atomic E-state index is -0.461. The summed E-state index contributed by atoms with van der Waals surface area (Å²) in [6.07, 6.45) is 13.5. The number of rotatable bonds is 18. The Morgan fingerprint density at radius 3 is 2.44 bits per heavy atom. The van der Waals surface area contributed by atoms with Crippen LogP contribution < -0.4 is 11.1 Å². The number of nitrogens with zero attached hydrogens (tertiary/aromatic N) is 1. The van der Waals surface area contributed by atoms with Gasteiger partial charge in [0.25, 0.3) is 0 Å². The Morgan fingerprint density at radius 1 is 1.04 bits per heavy atom. The zero-order valence-corrected chi connectivity index (χ0v) is 29.6. The smallest absolute Gasteiger partial charge is 0.225 e. The fraction of sp³-hybridized carbons (Fsp3) is 0.703. The fourth-order valence-electron chi connectivity index (χ4n) is 6.74. The van der Waals surface area contributed by atoms with Crippen LogP contribution in [0.4, 0.5) is 10.1 Å². The SMILES string of the molecule is CCC(CCCC(N)CF)C(=O)N1CCC(C2CCCCC2)C1C.COCCCOCCOC.O=CNc1ccc2oc(C=O)cc2c1. The average Bonchev–Trinajstić information content (AvgIpc) is 3.71. The molecule has 1 aliphatic heterocycles. The highest BCUT2D eigenvalue weighted by atomic mass is 19.1. The molecule has 0 bridgehead atoms. The Kier molecular flexibility index (Phi) is 20.9. The van der Waals surface area contributed by atoms with Gasteiger partial charge < -0.3 is 34.6 Å². The normalized spacial score (nSPS) is 19.1. The van der Waals surface area contributed by atoms with Gasteiger partial charge in [0.1, 0.15) is 12.3 Å². The molecule has 4 atom stereocenters. The molecular formula is C37H60FN3O7. The van der Waals surface area contributed by atoms with E-state index in [0.29, 0.717) is 61.5 Å². The van der Waals surface area contributed by atoms with Crippen LogP contribution in [0.25, 0.3) is 11.0 Å². The predicted molar refractivity (Wildman–Crippen MR) is 188 cm³/mol. The van der Waals surface area contributed by atoms with Gasteiger partial charge in [-0.15, -0.1) is 0 Å². The van der Waals surface area contributed by atoms with Crippen molar-refractivity contribution >= 4 is 35.3 Å². The van der Waals surface area contributed by atoms with E-state index in [9.17, 15) is 18.8 Å². The Bertz CT molecular complexity index is 1170. The molecule has 3 N–H and O–H groups in total. The summed E-state index contributed by atoms with van der Waals surface area (Å²) in [5, 5.41) is 3.31. The Balaban J connectivity index is 0.000000281. The summed E-state index contributed by atoms with van der Waals surface area (Å²) >= 11 is 0. The molecule has 0 spiro atoms. The summed E-state index contributed by atoms with van der Waals surface area (Å²) in [6, 6.07) is 6.79. The van der Waals surface area contributed by atoms with Crippen molar-refractivity contribution in [2.75, 3.05) is 59.2 Å². The first-order valence-electron chi connectivity index (χ1n) is 17.7. The van der Waals surface area contributed by atoms with E-state index in [1.165, 1.54) is 38.5 Å². The number of benzene rings is 1. The molecule has 1 saturated heterocycles. The number of alkyl halides is 1. The molecule has 11 heteroatoms. The molecule has 272 valence electrons. The number of hydrogen-bond acceptors (Lipinski definition) is 8. The molecule has 1 aliphatic carbocycles. The Labute approximate surface area is 286 Å². The van der Waals surface area contributed by atoms with Gasteiger partial charge in [-0.1, -0.05) is 45.4 Å². The lowest BCUT2D eigenvalue weighted by molar-refractivity contribution is -0.137. The molecule has 2 aromatic rings. The van der Waals surface area contributed by atoms with Crippen molar-refractivity contribution in [3.8, 4) is 0 Å². The van der Waals surface area contributed by atoms with Crippen LogP contribution in [-0.4, -0.2) is 89.5 Å². The van der Waals surface area contributed by atoms with Crippen LogP contribution in [0, 0.1) is 17.8 Å². The number of ether oxygens (including phenoxy) is 3. The molecule has 1 aromatic heterocycles. The van der Waals surface area contributed by atoms with Gasteiger partial charge in [-0.25, -0.2) is 4.39 Å². The van der Waals surface area contributed by atoms with E-state index in [1.54, 1.807) is 38.5 Å². The molecule has 0 radical (unpaired) electrons. The van der Waals surface area contributed by atoms with Crippen molar-refractivity contribution < 1.29 is 37.4 Å². The summed E-state index contributed by atoms with van der Waals surface area (Å²) in [4.78, 5) is 35.7. The third kappa shape index (κ3) is 14.3. The molecular weight excluding hydrogens is 617 g/mol. The number of nitrogens with one attached hydrogen (secondary N) is 1. The minimum Gasteiger partial charge on any atom is -0.453 e. The predicted octanol–water partition coefficient (Wildman–Crippen LogP) is 6.80. The Morgan fingerprint density at radius 2 is 1.79 bits per heavy atom. The van der Waals surface area contributed by atoms with Gasteiger partial charge in [0, 0.05) is 63.1 Å². The second-order valence-corrected chi connectivity index (χ2v) is 12.8. The lowest BCUT2D eigenvalue weighted by Gasteiger charge is -2.33. The van der Waals surface area contributed by atoms with Crippen molar-refractivity contribution in [2.45, 2.75) is 96.6 Å². The quantitative estimate of drug-likeness (QED) is 0.130. The van der Waals surface area contributed by atoms with E-state index >= 15 is 0 Å². The van der Waals surface area contributed by atoms with Crippen molar-refractivity contribution in [1.82, 2.24) is 4.90 Å². The van der Waals surface area contributed by atoms with Gasteiger partial charge in [0.15, 0.2) is 12.0 Å². The second kappa shape index (κ2) is 24.3. The summed E-state index contributed by atoms with van der Waals surface area (Å²) in [7, 11) is 3.35. The molecule has 4 rings (SSSR count). The Hall–Kier alpha value is -2.86. The van der Waals surface area contributed by atoms with E-state index in [4.69, 9.17) is 24.4 Å². The van der Waals surface area contributed by atoms with Crippen LogP contribution in [0.1, 0.15) is 95.0 Å². The number of fused-ring (bicyclic) bond motifs is 1. The standard InChI is InChI=1S/C20H37FN2O.C10H7NO3.C7H16O3/c1-3-16(10-7-11-18(22)14-21)20(24)23-13-12-19(15(23)2)17-8-5-4-6-9-17;12-5-9-4-7-3-8(11-6-13)1-2-10(7)14-9;1-8-4-3-5-10-7-6-9-2/h15-19H,3-14,22H2,1-2H3;1-6H,(H,11,13);3-7H2,1-2H3. The highest BCUT2D eigenvalue weighted by Crippen LogP contribution is 2.39. The summed E-state index contributed by atoms with van der Waals surface area (Å²) in [6.45, 7) is 7.71. The van der Waals surface area contributed by atoms with Crippen LogP contribution in [0.3, 0.4) is 0 Å². The topological polar surface area (TPSA) is 133 Å². The lowest BCUT2D eigenvalue weighted by atomic mass is 9.77. The number of methoxy groups -OCH3 is 2. The van der Waals surface area contributed by atoms with Gasteiger partial charge in [0.05, 0.1) is 13.2 Å². The number of anilines is 1. The first kappa shape index (κ1) is 41.3. The first-order chi connectivity index (χ1) is 23.3. The maximum Gasteiger partial charge on any atom is 0.225 e. The van der Waals surface area contributed by atoms with Crippen molar-refractivity contribution in [3.63, 3.8) is 0 Å². The van der Waals surface area contributed by atoms with Gasteiger partial charge >= 0.3 is 0 Å². The van der Waals surface area contributed by atoms with Crippen LogP contribution in [0.5, 0.6) is 0 Å². The number of hydrogen-bond donors (Lipinski definition) is 2. The number of carbonyl (C=O) groups excluding carboxylic acids is 3. The van der Waals surface area contributed by atoms with E-state index in [1.807, 2.05) is 0 Å². The maximum atomic E-state index is 13.0. The van der Waals surface area contributed by atoms with Crippen LogP contribution in [0.15, 0.2) is 28.7 Å². The lowest BCUT2D eigenvalue weighted by Crippen LogP contribution is -2.41. The third-order valence-electron chi connectivity index (χ3n) is 9.47. The summed E-state index contributed by atoms with van der Waals surface area (Å²) in [5.74, 6) is 2.23. The van der Waals surface area contributed by atoms with Crippen molar-refractivity contribution in [3.05, 3.63) is 30.0 Å². The molecule has 4 unspecified atom stereocenters. The molecule has 2 fully saturated rings. The van der Waals surface area contributed by atoms with E-state index in [2.05, 4.69) is 24.1 Å². The second-order valence-electron chi connectivity index (χ2n) is 12.8. The molecule has 48 heavy (non-hydrogen) atoms.